The van der Waals surface area contributed by atoms with Gasteiger partial charge in [0.05, 0.1) is 0 Å². The summed E-state index contributed by atoms with van der Waals surface area (Å²) >= 11 is 0. The van der Waals surface area contributed by atoms with Crippen molar-refractivity contribution in [1.82, 2.24) is 5.32 Å². The lowest BCUT2D eigenvalue weighted by Crippen LogP contribution is -2.37. The zero-order chi connectivity index (χ0) is 14.4. The van der Waals surface area contributed by atoms with Crippen LogP contribution in [0.1, 0.15) is 26.3 Å². The van der Waals surface area contributed by atoms with Gasteiger partial charge in [0.2, 0.25) is 0 Å². The molecule has 1 aromatic carbocycles. The van der Waals surface area contributed by atoms with E-state index >= 15 is 0 Å². The van der Waals surface area contributed by atoms with Crippen molar-refractivity contribution in [3.63, 3.8) is 0 Å². The monoisotopic (exact) mass is 262 g/mol. The highest BCUT2D eigenvalue weighted by molar-refractivity contribution is 5.88. The van der Waals surface area contributed by atoms with Crippen LogP contribution in [0.4, 0.5) is 5.69 Å². The molecular weight excluding hydrogens is 240 g/mol. The Hall–Kier alpha value is -1.81. The molecule has 0 aliphatic heterocycles. The number of carboxylic acid groups (broad SMARTS) is 1. The zero-order valence-electron chi connectivity index (χ0n) is 11.7. The first-order valence-electron chi connectivity index (χ1n) is 6.43. The van der Waals surface area contributed by atoms with E-state index in [1.54, 1.807) is 13.0 Å². The number of nitrogens with one attached hydrogen (secondary N) is 1. The molecule has 4 heteroatoms. The van der Waals surface area contributed by atoms with E-state index in [-0.39, 0.29) is 12.0 Å². The Kier molecular flexibility index (Phi) is 5.57. The topological polar surface area (TPSA) is 75.3 Å². The van der Waals surface area contributed by atoms with Crippen LogP contribution in [0, 0.1) is 5.92 Å². The van der Waals surface area contributed by atoms with Crippen molar-refractivity contribution < 1.29 is 9.90 Å². The third kappa shape index (κ3) is 4.41. The van der Waals surface area contributed by atoms with Crippen molar-refractivity contribution in [1.29, 1.82) is 0 Å². The minimum Gasteiger partial charge on any atom is -0.478 e. The molecule has 104 valence electrons. The van der Waals surface area contributed by atoms with Gasteiger partial charge in [0.15, 0.2) is 0 Å². The Morgan fingerprint density at radius 2 is 1.95 bits per heavy atom. The average Bonchev–Trinajstić information content (AvgIpc) is 2.35. The third-order valence-electron chi connectivity index (χ3n) is 3.07. The minimum absolute atomic E-state index is 0.167. The van der Waals surface area contributed by atoms with E-state index in [0.717, 1.165) is 11.3 Å². The Morgan fingerprint density at radius 1 is 1.37 bits per heavy atom. The number of carboxylic acids is 1. The van der Waals surface area contributed by atoms with Crippen molar-refractivity contribution in [2.75, 3.05) is 5.73 Å². The Balaban J connectivity index is 2.75. The smallest absolute Gasteiger partial charge is 0.332 e. The van der Waals surface area contributed by atoms with Crippen molar-refractivity contribution >= 4 is 11.7 Å². The second-order valence-corrected chi connectivity index (χ2v) is 4.89. The summed E-state index contributed by atoms with van der Waals surface area (Å²) in [6.07, 6.45) is 1.66. The fourth-order valence-corrected chi connectivity index (χ4v) is 2.00. The van der Waals surface area contributed by atoms with Crippen LogP contribution >= 0.6 is 0 Å². The third-order valence-corrected chi connectivity index (χ3v) is 3.07. The van der Waals surface area contributed by atoms with Crippen LogP contribution in [-0.4, -0.2) is 17.1 Å². The lowest BCUT2D eigenvalue weighted by molar-refractivity contribution is -0.133. The summed E-state index contributed by atoms with van der Waals surface area (Å²) in [7, 11) is 0. The van der Waals surface area contributed by atoms with E-state index in [1.807, 2.05) is 38.1 Å². The van der Waals surface area contributed by atoms with Gasteiger partial charge in [0.1, 0.15) is 0 Å². The predicted octanol–water partition coefficient (Wildman–Crippen LogP) is 2.41. The van der Waals surface area contributed by atoms with Crippen LogP contribution in [0.25, 0.3) is 0 Å². The van der Waals surface area contributed by atoms with E-state index in [4.69, 9.17) is 5.73 Å². The van der Waals surface area contributed by atoms with Gasteiger partial charge in [-0.3, -0.25) is 0 Å². The van der Waals surface area contributed by atoms with Crippen LogP contribution in [0.3, 0.4) is 0 Å². The summed E-state index contributed by atoms with van der Waals surface area (Å²) in [5.74, 6) is -0.665. The summed E-state index contributed by atoms with van der Waals surface area (Å²) < 4.78 is 0. The first kappa shape index (κ1) is 15.2. The van der Waals surface area contributed by atoms with E-state index < -0.39 is 5.97 Å². The highest BCUT2D eigenvalue weighted by atomic mass is 16.4. The van der Waals surface area contributed by atoms with Crippen LogP contribution < -0.4 is 11.1 Å². The summed E-state index contributed by atoms with van der Waals surface area (Å²) in [4.78, 5) is 11.2. The Bertz CT molecular complexity index is 450. The van der Waals surface area contributed by atoms with E-state index in [0.29, 0.717) is 12.1 Å². The number of rotatable bonds is 6. The molecule has 0 amide bonds. The lowest BCUT2D eigenvalue weighted by atomic mass is 9.95. The quantitative estimate of drug-likeness (QED) is 0.543. The molecule has 1 rings (SSSR count). The van der Waals surface area contributed by atoms with E-state index in [1.165, 1.54) is 0 Å². The second kappa shape index (κ2) is 6.95. The largest absolute Gasteiger partial charge is 0.478 e. The lowest BCUT2D eigenvalue weighted by Gasteiger charge is -2.23. The number of hydrogen-bond donors (Lipinski definition) is 3. The van der Waals surface area contributed by atoms with Crippen LogP contribution in [-0.2, 0) is 11.3 Å². The molecule has 4 N–H and O–H groups in total. The molecular formula is C15H22N2O2. The molecule has 1 aromatic rings. The Morgan fingerprint density at radius 3 is 2.37 bits per heavy atom. The maximum Gasteiger partial charge on any atom is 0.332 e. The van der Waals surface area contributed by atoms with Crippen LogP contribution in [0.15, 0.2) is 35.9 Å². The van der Waals surface area contributed by atoms with Gasteiger partial charge in [-0.1, -0.05) is 32.1 Å². The summed E-state index contributed by atoms with van der Waals surface area (Å²) in [5.41, 5.74) is 7.85. The molecule has 0 aromatic heterocycles. The van der Waals surface area contributed by atoms with Crippen molar-refractivity contribution in [3.05, 3.63) is 41.5 Å². The highest BCUT2D eigenvalue weighted by Crippen LogP contribution is 2.14. The van der Waals surface area contributed by atoms with Gasteiger partial charge in [0, 0.05) is 23.8 Å². The van der Waals surface area contributed by atoms with E-state index in [9.17, 15) is 9.90 Å². The molecule has 0 saturated heterocycles. The number of benzene rings is 1. The summed E-state index contributed by atoms with van der Waals surface area (Å²) in [6.45, 7) is 6.39. The number of hydrogen-bond acceptors (Lipinski definition) is 3. The number of nitrogens with two attached hydrogens (primary N) is 1. The van der Waals surface area contributed by atoms with Crippen molar-refractivity contribution in [3.8, 4) is 0 Å². The van der Waals surface area contributed by atoms with E-state index in [2.05, 4.69) is 5.32 Å². The average molecular weight is 262 g/mol. The number of allylic oxidation sites excluding steroid dienone is 1. The van der Waals surface area contributed by atoms with Gasteiger partial charge in [-0.2, -0.15) is 0 Å². The molecule has 0 fully saturated rings. The molecule has 4 nitrogen and oxygen atoms in total. The van der Waals surface area contributed by atoms with Gasteiger partial charge < -0.3 is 16.2 Å². The van der Waals surface area contributed by atoms with Gasteiger partial charge in [-0.05, 0) is 30.5 Å². The second-order valence-electron chi connectivity index (χ2n) is 4.89. The predicted molar refractivity (Wildman–Crippen MR) is 77.7 cm³/mol. The summed E-state index contributed by atoms with van der Waals surface area (Å²) in [5, 5.41) is 12.5. The number of aliphatic carboxylic acids is 1. The normalized spacial score (nSPS) is 13.6. The minimum atomic E-state index is -0.869. The first-order valence-corrected chi connectivity index (χ1v) is 6.43. The molecule has 0 radical (unpaired) electrons. The van der Waals surface area contributed by atoms with Gasteiger partial charge >= 0.3 is 5.97 Å². The fourth-order valence-electron chi connectivity index (χ4n) is 2.00. The first-order chi connectivity index (χ1) is 8.95. The highest BCUT2D eigenvalue weighted by Gasteiger charge is 2.22. The summed E-state index contributed by atoms with van der Waals surface area (Å²) in [6, 6.07) is 7.40. The van der Waals surface area contributed by atoms with Crippen molar-refractivity contribution in [2.45, 2.75) is 33.4 Å². The molecule has 0 saturated carbocycles. The van der Waals surface area contributed by atoms with Crippen LogP contribution in [0.2, 0.25) is 0 Å². The fraction of sp³-hybridized carbons (Fsp3) is 0.400. The molecule has 19 heavy (non-hydrogen) atoms. The van der Waals surface area contributed by atoms with Gasteiger partial charge in [-0.25, -0.2) is 4.79 Å². The molecule has 0 aliphatic carbocycles. The molecule has 1 atom stereocenters. The van der Waals surface area contributed by atoms with Gasteiger partial charge in [-0.15, -0.1) is 0 Å². The Labute approximate surface area is 114 Å². The molecule has 0 spiro atoms. The van der Waals surface area contributed by atoms with Gasteiger partial charge in [0.25, 0.3) is 0 Å². The molecule has 0 heterocycles. The maximum atomic E-state index is 11.2. The number of carbonyl (C=O) groups is 1. The molecule has 1 unspecified atom stereocenters. The number of anilines is 1. The molecule has 0 bridgehead atoms. The van der Waals surface area contributed by atoms with Crippen LogP contribution in [0.5, 0.6) is 0 Å². The number of nitrogen functional groups attached to an aromatic ring is 1. The SMILES string of the molecule is C/C=C(\C(=O)O)C(NCc1ccc(N)cc1)C(C)C. The standard InChI is InChI=1S/C15H22N2O2/c1-4-13(15(18)19)14(10(2)3)17-9-11-5-7-12(16)8-6-11/h4-8,10,14,17H,9,16H2,1-3H3,(H,18,19)/b13-4-. The zero-order valence-corrected chi connectivity index (χ0v) is 11.7. The maximum absolute atomic E-state index is 11.2. The van der Waals surface area contributed by atoms with Crippen molar-refractivity contribution in [2.24, 2.45) is 5.92 Å². The molecule has 0 aliphatic rings.